The molecule has 0 amide bonds. The SMILES string of the molecule is Cc1nc(NN)nc(NC2CCC(C)CC2C)c1[N+](=O)[O-]. The Morgan fingerprint density at radius 2 is 2.05 bits per heavy atom. The minimum absolute atomic E-state index is 0.0835. The van der Waals surface area contributed by atoms with Crippen molar-refractivity contribution in [2.75, 3.05) is 10.7 Å². The Hall–Kier alpha value is -1.96. The Bertz CT molecular complexity index is 536. The van der Waals surface area contributed by atoms with E-state index in [1.54, 1.807) is 6.92 Å². The van der Waals surface area contributed by atoms with Gasteiger partial charge in [-0.15, -0.1) is 0 Å². The zero-order valence-electron chi connectivity index (χ0n) is 12.6. The second-order valence-electron chi connectivity index (χ2n) is 5.88. The van der Waals surface area contributed by atoms with E-state index >= 15 is 0 Å². The number of hydrogen-bond acceptors (Lipinski definition) is 7. The van der Waals surface area contributed by atoms with Crippen molar-refractivity contribution in [3.05, 3.63) is 15.8 Å². The first-order chi connectivity index (χ1) is 9.92. The van der Waals surface area contributed by atoms with E-state index in [0.717, 1.165) is 19.3 Å². The van der Waals surface area contributed by atoms with Gasteiger partial charge < -0.3 is 5.32 Å². The summed E-state index contributed by atoms with van der Waals surface area (Å²) in [4.78, 5) is 18.9. The Morgan fingerprint density at radius 1 is 1.33 bits per heavy atom. The van der Waals surface area contributed by atoms with Crippen LogP contribution in [0, 0.1) is 28.9 Å². The lowest BCUT2D eigenvalue weighted by Gasteiger charge is -2.33. The van der Waals surface area contributed by atoms with Gasteiger partial charge in [-0.3, -0.25) is 15.5 Å². The number of nitro groups is 1. The third-order valence-corrected chi connectivity index (χ3v) is 4.12. The van der Waals surface area contributed by atoms with Crippen molar-refractivity contribution >= 4 is 17.5 Å². The molecule has 1 saturated carbocycles. The molecule has 0 spiro atoms. The molecular formula is C13H22N6O2. The van der Waals surface area contributed by atoms with Gasteiger partial charge in [0.1, 0.15) is 5.69 Å². The molecule has 8 heteroatoms. The lowest BCUT2D eigenvalue weighted by Crippen LogP contribution is -2.33. The zero-order valence-corrected chi connectivity index (χ0v) is 12.6. The molecule has 0 aliphatic heterocycles. The highest BCUT2D eigenvalue weighted by molar-refractivity contribution is 5.61. The van der Waals surface area contributed by atoms with Gasteiger partial charge in [-0.05, 0) is 38.0 Å². The summed E-state index contributed by atoms with van der Waals surface area (Å²) in [7, 11) is 0. The van der Waals surface area contributed by atoms with Crippen molar-refractivity contribution in [1.29, 1.82) is 0 Å². The van der Waals surface area contributed by atoms with Crippen LogP contribution >= 0.6 is 0 Å². The summed E-state index contributed by atoms with van der Waals surface area (Å²) in [5.41, 5.74) is 2.56. The van der Waals surface area contributed by atoms with Gasteiger partial charge in [0.15, 0.2) is 0 Å². The first-order valence-corrected chi connectivity index (χ1v) is 7.18. The summed E-state index contributed by atoms with van der Waals surface area (Å²) in [5.74, 6) is 6.88. The van der Waals surface area contributed by atoms with Crippen LogP contribution in [0.5, 0.6) is 0 Å². The Balaban J connectivity index is 2.29. The average molecular weight is 294 g/mol. The number of nitrogens with one attached hydrogen (secondary N) is 2. The van der Waals surface area contributed by atoms with E-state index < -0.39 is 4.92 Å². The molecule has 1 aliphatic rings. The number of hydrazine groups is 1. The molecule has 0 saturated heterocycles. The molecule has 3 atom stereocenters. The van der Waals surface area contributed by atoms with Crippen LogP contribution in [0.25, 0.3) is 0 Å². The molecule has 1 fully saturated rings. The van der Waals surface area contributed by atoms with Gasteiger partial charge in [-0.25, -0.2) is 10.8 Å². The summed E-state index contributed by atoms with van der Waals surface area (Å²) >= 11 is 0. The van der Waals surface area contributed by atoms with Crippen LogP contribution in [0.1, 0.15) is 38.8 Å². The lowest BCUT2D eigenvalue weighted by atomic mass is 9.80. The molecule has 1 aromatic heterocycles. The van der Waals surface area contributed by atoms with Crippen molar-refractivity contribution in [2.24, 2.45) is 17.7 Å². The van der Waals surface area contributed by atoms with E-state index in [9.17, 15) is 10.1 Å². The first-order valence-electron chi connectivity index (χ1n) is 7.18. The van der Waals surface area contributed by atoms with Crippen LogP contribution in [0.15, 0.2) is 0 Å². The van der Waals surface area contributed by atoms with Crippen LogP contribution in [-0.2, 0) is 0 Å². The number of aromatic nitrogens is 2. The van der Waals surface area contributed by atoms with Gasteiger partial charge in [0.05, 0.1) is 4.92 Å². The number of nitrogens with zero attached hydrogens (tertiary/aromatic N) is 3. The molecule has 8 nitrogen and oxygen atoms in total. The van der Waals surface area contributed by atoms with E-state index in [1.165, 1.54) is 0 Å². The molecule has 116 valence electrons. The third kappa shape index (κ3) is 3.38. The number of rotatable bonds is 4. The van der Waals surface area contributed by atoms with Gasteiger partial charge in [0.2, 0.25) is 11.8 Å². The normalized spacial score (nSPS) is 25.4. The summed E-state index contributed by atoms with van der Waals surface area (Å²) in [6, 6.07) is 0.180. The molecule has 0 radical (unpaired) electrons. The van der Waals surface area contributed by atoms with Crippen molar-refractivity contribution in [2.45, 2.75) is 46.1 Å². The second-order valence-corrected chi connectivity index (χ2v) is 5.88. The fourth-order valence-electron chi connectivity index (χ4n) is 3.01. The quantitative estimate of drug-likeness (QED) is 0.442. The lowest BCUT2D eigenvalue weighted by molar-refractivity contribution is -0.385. The van der Waals surface area contributed by atoms with Crippen molar-refractivity contribution < 1.29 is 4.92 Å². The standard InChI is InChI=1S/C13H22N6O2/c1-7-4-5-10(8(2)6-7)16-12-11(19(20)21)9(3)15-13(17-12)18-14/h7-8,10H,4-6,14H2,1-3H3,(H2,15,16,17,18). The van der Waals surface area contributed by atoms with Gasteiger partial charge in [0, 0.05) is 6.04 Å². The van der Waals surface area contributed by atoms with Gasteiger partial charge in [-0.2, -0.15) is 4.98 Å². The predicted molar refractivity (Wildman–Crippen MR) is 80.8 cm³/mol. The molecule has 21 heavy (non-hydrogen) atoms. The topological polar surface area (TPSA) is 119 Å². The van der Waals surface area contributed by atoms with Crippen LogP contribution in [0.4, 0.5) is 17.5 Å². The third-order valence-electron chi connectivity index (χ3n) is 4.12. The molecule has 1 heterocycles. The number of nitrogen functional groups attached to an aromatic ring is 1. The highest BCUT2D eigenvalue weighted by Gasteiger charge is 2.29. The highest BCUT2D eigenvalue weighted by atomic mass is 16.6. The monoisotopic (exact) mass is 294 g/mol. The van der Waals surface area contributed by atoms with Crippen LogP contribution in [0.3, 0.4) is 0 Å². The molecular weight excluding hydrogens is 272 g/mol. The molecule has 2 rings (SSSR count). The van der Waals surface area contributed by atoms with E-state index in [1.807, 2.05) is 0 Å². The molecule has 1 aromatic rings. The van der Waals surface area contributed by atoms with Crippen molar-refractivity contribution in [3.63, 3.8) is 0 Å². The van der Waals surface area contributed by atoms with E-state index in [2.05, 4.69) is 34.6 Å². The smallest absolute Gasteiger partial charge is 0.332 e. The zero-order chi connectivity index (χ0) is 15.6. The molecule has 4 N–H and O–H groups in total. The molecule has 0 aromatic carbocycles. The Morgan fingerprint density at radius 3 is 2.62 bits per heavy atom. The van der Waals surface area contributed by atoms with E-state index in [-0.39, 0.29) is 23.5 Å². The molecule has 3 unspecified atom stereocenters. The fourth-order valence-corrected chi connectivity index (χ4v) is 3.01. The number of anilines is 2. The second kappa shape index (κ2) is 6.21. The van der Waals surface area contributed by atoms with Crippen molar-refractivity contribution in [3.8, 4) is 0 Å². The van der Waals surface area contributed by atoms with E-state index in [4.69, 9.17) is 5.84 Å². The minimum atomic E-state index is -0.450. The molecule has 1 aliphatic carbocycles. The number of aryl methyl sites for hydroxylation is 1. The summed E-state index contributed by atoms with van der Waals surface area (Å²) < 4.78 is 0. The highest BCUT2D eigenvalue weighted by Crippen LogP contribution is 2.33. The Labute approximate surface area is 123 Å². The first kappa shape index (κ1) is 15.4. The predicted octanol–water partition coefficient (Wildman–Crippen LogP) is 2.22. The van der Waals surface area contributed by atoms with Gasteiger partial charge in [-0.1, -0.05) is 13.8 Å². The average Bonchev–Trinajstić information content (AvgIpc) is 2.40. The maximum atomic E-state index is 11.3. The van der Waals surface area contributed by atoms with Gasteiger partial charge >= 0.3 is 5.69 Å². The van der Waals surface area contributed by atoms with E-state index in [0.29, 0.717) is 17.5 Å². The maximum absolute atomic E-state index is 11.3. The largest absolute Gasteiger partial charge is 0.361 e. The fraction of sp³-hybridized carbons (Fsp3) is 0.692. The summed E-state index contributed by atoms with van der Waals surface area (Å²) in [6.45, 7) is 5.98. The molecule has 0 bridgehead atoms. The summed E-state index contributed by atoms with van der Waals surface area (Å²) in [6.07, 6.45) is 3.20. The minimum Gasteiger partial charge on any atom is -0.361 e. The Kier molecular flexibility index (Phi) is 4.56. The maximum Gasteiger partial charge on any atom is 0.332 e. The van der Waals surface area contributed by atoms with Gasteiger partial charge in [0.25, 0.3) is 0 Å². The van der Waals surface area contributed by atoms with Crippen molar-refractivity contribution in [1.82, 2.24) is 9.97 Å². The summed E-state index contributed by atoms with van der Waals surface area (Å²) in [5, 5.41) is 14.5. The van der Waals surface area contributed by atoms with Crippen LogP contribution in [0.2, 0.25) is 0 Å². The van der Waals surface area contributed by atoms with Crippen LogP contribution < -0.4 is 16.6 Å². The van der Waals surface area contributed by atoms with Crippen LogP contribution in [-0.4, -0.2) is 20.9 Å². The number of nitrogens with two attached hydrogens (primary N) is 1. The number of hydrogen-bond donors (Lipinski definition) is 3.